The molecule has 1 aliphatic rings. The van der Waals surface area contributed by atoms with Crippen molar-refractivity contribution in [2.45, 2.75) is 25.3 Å². The molecule has 0 aliphatic heterocycles. The Bertz CT molecular complexity index is 281. The molecule has 0 heterocycles. The van der Waals surface area contributed by atoms with Crippen molar-refractivity contribution in [2.75, 3.05) is 6.54 Å². The van der Waals surface area contributed by atoms with Gasteiger partial charge in [-0.1, -0.05) is 19.1 Å². The summed E-state index contributed by atoms with van der Waals surface area (Å²) in [5, 5.41) is 3.39. The highest BCUT2D eigenvalue weighted by molar-refractivity contribution is 5.28. The minimum atomic E-state index is -0.149. The third-order valence-electron chi connectivity index (χ3n) is 2.55. The topological polar surface area (TPSA) is 12.0 Å². The second kappa shape index (κ2) is 3.46. The minimum absolute atomic E-state index is 0.149. The van der Waals surface area contributed by atoms with Crippen molar-refractivity contribution in [3.8, 4) is 0 Å². The number of hydrogen-bond donors (Lipinski definition) is 1. The molecule has 2 atom stereocenters. The van der Waals surface area contributed by atoms with Gasteiger partial charge in [-0.15, -0.1) is 0 Å². The van der Waals surface area contributed by atoms with Crippen molar-refractivity contribution in [3.63, 3.8) is 0 Å². The van der Waals surface area contributed by atoms with E-state index in [-0.39, 0.29) is 5.82 Å². The molecule has 2 unspecified atom stereocenters. The molecule has 1 fully saturated rings. The maximum absolute atomic E-state index is 12.6. The fourth-order valence-corrected chi connectivity index (χ4v) is 1.76. The van der Waals surface area contributed by atoms with Gasteiger partial charge < -0.3 is 5.32 Å². The number of benzene rings is 1. The van der Waals surface area contributed by atoms with E-state index in [9.17, 15) is 4.39 Å². The van der Waals surface area contributed by atoms with E-state index < -0.39 is 0 Å². The highest BCUT2D eigenvalue weighted by Crippen LogP contribution is 2.40. The molecular formula is C11H14FN. The smallest absolute Gasteiger partial charge is 0.123 e. The zero-order valence-corrected chi connectivity index (χ0v) is 7.76. The van der Waals surface area contributed by atoms with Gasteiger partial charge >= 0.3 is 0 Å². The average Bonchev–Trinajstić information content (AvgIpc) is 2.86. The molecule has 0 amide bonds. The number of halogens is 1. The van der Waals surface area contributed by atoms with Crippen LogP contribution in [0.5, 0.6) is 0 Å². The molecule has 0 saturated heterocycles. The summed E-state index contributed by atoms with van der Waals surface area (Å²) in [5.74, 6) is 0.463. The van der Waals surface area contributed by atoms with Crippen LogP contribution in [0.2, 0.25) is 0 Å². The van der Waals surface area contributed by atoms with Crippen molar-refractivity contribution in [3.05, 3.63) is 35.6 Å². The lowest BCUT2D eigenvalue weighted by Crippen LogP contribution is -2.16. The molecular weight excluding hydrogens is 165 g/mol. The molecule has 1 nitrogen and oxygen atoms in total. The van der Waals surface area contributed by atoms with Gasteiger partial charge in [-0.05, 0) is 30.7 Å². The molecule has 13 heavy (non-hydrogen) atoms. The Balaban J connectivity index is 2.00. The molecule has 2 heteroatoms. The first-order valence-corrected chi connectivity index (χ1v) is 4.80. The van der Waals surface area contributed by atoms with E-state index in [1.807, 2.05) is 12.1 Å². The van der Waals surface area contributed by atoms with Crippen molar-refractivity contribution >= 4 is 0 Å². The van der Waals surface area contributed by atoms with Crippen LogP contribution < -0.4 is 5.32 Å². The van der Waals surface area contributed by atoms with Gasteiger partial charge in [0, 0.05) is 12.0 Å². The predicted molar refractivity (Wildman–Crippen MR) is 51.2 cm³/mol. The van der Waals surface area contributed by atoms with Crippen LogP contribution >= 0.6 is 0 Å². The third kappa shape index (κ3) is 1.89. The summed E-state index contributed by atoms with van der Waals surface area (Å²) >= 11 is 0. The monoisotopic (exact) mass is 179 g/mol. The van der Waals surface area contributed by atoms with Crippen LogP contribution in [0.25, 0.3) is 0 Å². The Morgan fingerprint density at radius 1 is 1.38 bits per heavy atom. The number of rotatable bonds is 3. The highest BCUT2D eigenvalue weighted by Gasteiger charge is 2.37. The van der Waals surface area contributed by atoms with Crippen molar-refractivity contribution < 1.29 is 4.39 Å². The van der Waals surface area contributed by atoms with E-state index in [4.69, 9.17) is 0 Å². The van der Waals surface area contributed by atoms with Crippen LogP contribution in [-0.4, -0.2) is 12.6 Å². The van der Waals surface area contributed by atoms with E-state index in [0.29, 0.717) is 12.0 Å². The van der Waals surface area contributed by atoms with Gasteiger partial charge in [0.1, 0.15) is 5.82 Å². The molecule has 0 radical (unpaired) electrons. The largest absolute Gasteiger partial charge is 0.314 e. The van der Waals surface area contributed by atoms with Crippen molar-refractivity contribution in [1.29, 1.82) is 0 Å². The highest BCUT2D eigenvalue weighted by atomic mass is 19.1. The Labute approximate surface area is 78.0 Å². The maximum Gasteiger partial charge on any atom is 0.123 e. The van der Waals surface area contributed by atoms with E-state index in [1.54, 1.807) is 0 Å². The summed E-state index contributed by atoms with van der Waals surface area (Å²) < 4.78 is 12.6. The Morgan fingerprint density at radius 3 is 2.69 bits per heavy atom. The summed E-state index contributed by atoms with van der Waals surface area (Å²) in [7, 11) is 0. The second-order valence-electron chi connectivity index (χ2n) is 3.56. The summed E-state index contributed by atoms with van der Waals surface area (Å²) in [6.45, 7) is 3.13. The van der Waals surface area contributed by atoms with Crippen molar-refractivity contribution in [1.82, 2.24) is 5.32 Å². The molecule has 2 rings (SSSR count). The minimum Gasteiger partial charge on any atom is -0.314 e. The summed E-state index contributed by atoms with van der Waals surface area (Å²) in [6.07, 6.45) is 1.19. The van der Waals surface area contributed by atoms with Crippen molar-refractivity contribution in [2.24, 2.45) is 0 Å². The van der Waals surface area contributed by atoms with Crippen LogP contribution in [0.3, 0.4) is 0 Å². The van der Waals surface area contributed by atoms with Crippen LogP contribution in [0, 0.1) is 5.82 Å². The molecule has 1 aliphatic carbocycles. The van der Waals surface area contributed by atoms with Crippen LogP contribution in [0.15, 0.2) is 24.3 Å². The van der Waals surface area contributed by atoms with E-state index >= 15 is 0 Å². The number of likely N-dealkylation sites (N-methyl/N-ethyl adjacent to an activating group) is 1. The quantitative estimate of drug-likeness (QED) is 0.750. The Kier molecular flexibility index (Phi) is 2.32. The molecule has 0 bridgehead atoms. The van der Waals surface area contributed by atoms with Gasteiger partial charge in [-0.25, -0.2) is 4.39 Å². The van der Waals surface area contributed by atoms with Crippen LogP contribution in [0.4, 0.5) is 4.39 Å². The van der Waals surface area contributed by atoms with E-state index in [2.05, 4.69) is 12.2 Å². The molecule has 70 valence electrons. The van der Waals surface area contributed by atoms with Crippen LogP contribution in [-0.2, 0) is 0 Å². The number of hydrogen-bond acceptors (Lipinski definition) is 1. The van der Waals surface area contributed by atoms with Crippen LogP contribution in [0.1, 0.15) is 24.8 Å². The average molecular weight is 179 g/mol. The first-order valence-electron chi connectivity index (χ1n) is 4.80. The molecule has 1 N–H and O–H groups in total. The zero-order chi connectivity index (χ0) is 9.26. The second-order valence-corrected chi connectivity index (χ2v) is 3.56. The standard InChI is InChI=1S/C11H14FN/c1-2-13-11-7-10(11)8-3-5-9(12)6-4-8/h3-6,10-11,13H,2,7H2,1H3. The fourth-order valence-electron chi connectivity index (χ4n) is 1.76. The molecule has 0 aromatic heterocycles. The van der Waals surface area contributed by atoms with Gasteiger partial charge in [0.2, 0.25) is 0 Å². The van der Waals surface area contributed by atoms with Gasteiger partial charge in [0.05, 0.1) is 0 Å². The first kappa shape index (κ1) is 8.70. The third-order valence-corrected chi connectivity index (χ3v) is 2.55. The molecule has 1 aromatic carbocycles. The van der Waals surface area contributed by atoms with E-state index in [1.165, 1.54) is 24.1 Å². The van der Waals surface area contributed by atoms with Gasteiger partial charge in [-0.2, -0.15) is 0 Å². The van der Waals surface area contributed by atoms with Gasteiger partial charge in [-0.3, -0.25) is 0 Å². The summed E-state index contributed by atoms with van der Waals surface area (Å²) in [6, 6.07) is 7.47. The molecule has 1 aromatic rings. The summed E-state index contributed by atoms with van der Waals surface area (Å²) in [4.78, 5) is 0. The SMILES string of the molecule is CCNC1CC1c1ccc(F)cc1. The van der Waals surface area contributed by atoms with Gasteiger partial charge in [0.25, 0.3) is 0 Å². The lowest BCUT2D eigenvalue weighted by atomic mass is 10.1. The predicted octanol–water partition coefficient (Wildman–Crippen LogP) is 2.29. The fraction of sp³-hybridized carbons (Fsp3) is 0.455. The Hall–Kier alpha value is -0.890. The Morgan fingerprint density at radius 2 is 2.08 bits per heavy atom. The lowest BCUT2D eigenvalue weighted by Gasteiger charge is -2.00. The number of nitrogens with one attached hydrogen (secondary N) is 1. The first-order chi connectivity index (χ1) is 6.31. The molecule has 1 saturated carbocycles. The van der Waals surface area contributed by atoms with Gasteiger partial charge in [0.15, 0.2) is 0 Å². The maximum atomic E-state index is 12.6. The normalized spacial score (nSPS) is 26.0. The lowest BCUT2D eigenvalue weighted by molar-refractivity contribution is 0.626. The zero-order valence-electron chi connectivity index (χ0n) is 7.76. The van der Waals surface area contributed by atoms with E-state index in [0.717, 1.165) is 6.54 Å². The summed E-state index contributed by atoms with van der Waals surface area (Å²) in [5.41, 5.74) is 1.26. The molecule has 0 spiro atoms.